The Hall–Kier alpha value is -0.240. The molecule has 2 aliphatic heterocycles. The lowest BCUT2D eigenvalue weighted by molar-refractivity contribution is 0.0956. The van der Waals surface area contributed by atoms with Crippen LogP contribution in [0.15, 0.2) is 0 Å². The molecular formula is C26H46N4O2. The molecule has 0 radical (unpaired) electrons. The number of nitrogens with one attached hydrogen (secondary N) is 4. The van der Waals surface area contributed by atoms with Gasteiger partial charge in [-0.1, -0.05) is 0 Å². The van der Waals surface area contributed by atoms with E-state index in [1.54, 1.807) is 0 Å². The fourth-order valence-corrected chi connectivity index (χ4v) is 8.46. The van der Waals surface area contributed by atoms with Crippen molar-refractivity contribution < 1.29 is 10.2 Å². The van der Waals surface area contributed by atoms with Gasteiger partial charge in [-0.25, -0.2) is 0 Å². The van der Waals surface area contributed by atoms with Gasteiger partial charge in [0.1, 0.15) is 0 Å². The molecule has 2 saturated heterocycles. The Balaban J connectivity index is 1.00. The second-order valence-corrected chi connectivity index (χ2v) is 12.3. The molecule has 0 amide bonds. The van der Waals surface area contributed by atoms with Gasteiger partial charge in [-0.05, 0) is 114 Å². The van der Waals surface area contributed by atoms with E-state index in [2.05, 4.69) is 21.3 Å². The van der Waals surface area contributed by atoms with Crippen LogP contribution in [0.5, 0.6) is 0 Å². The van der Waals surface area contributed by atoms with E-state index in [-0.39, 0.29) is 12.2 Å². The second kappa shape index (κ2) is 9.43. The Morgan fingerprint density at radius 2 is 0.719 bits per heavy atom. The van der Waals surface area contributed by atoms with Gasteiger partial charge in [-0.15, -0.1) is 0 Å². The van der Waals surface area contributed by atoms with Crippen LogP contribution in [0.3, 0.4) is 0 Å². The van der Waals surface area contributed by atoms with E-state index in [9.17, 15) is 10.2 Å². The minimum Gasteiger partial charge on any atom is -0.393 e. The predicted octanol–water partition coefficient (Wildman–Crippen LogP) is 2.20. The average molecular weight is 447 g/mol. The van der Waals surface area contributed by atoms with Gasteiger partial charge in [0.05, 0.1) is 24.5 Å². The Kier molecular flexibility index (Phi) is 6.55. The maximum absolute atomic E-state index is 9.86. The van der Waals surface area contributed by atoms with E-state index in [4.69, 9.17) is 0 Å². The van der Waals surface area contributed by atoms with Gasteiger partial charge in [0.15, 0.2) is 0 Å². The second-order valence-electron chi connectivity index (χ2n) is 12.3. The molecule has 8 atom stereocenters. The highest BCUT2D eigenvalue weighted by Crippen LogP contribution is 2.42. The zero-order chi connectivity index (χ0) is 21.7. The van der Waals surface area contributed by atoms with E-state index >= 15 is 0 Å². The average Bonchev–Trinajstić information content (AvgIpc) is 3.43. The summed E-state index contributed by atoms with van der Waals surface area (Å²) in [6.07, 6.45) is 17.6. The summed E-state index contributed by atoms with van der Waals surface area (Å²) in [7, 11) is 0. The fourth-order valence-electron chi connectivity index (χ4n) is 8.46. The molecule has 32 heavy (non-hydrogen) atoms. The first kappa shape index (κ1) is 22.2. The predicted molar refractivity (Wildman–Crippen MR) is 126 cm³/mol. The van der Waals surface area contributed by atoms with Gasteiger partial charge in [0.2, 0.25) is 0 Å². The van der Waals surface area contributed by atoms with Crippen LogP contribution in [-0.4, -0.2) is 58.9 Å². The number of aliphatic hydroxyl groups excluding tert-OH is 2. The molecule has 2 heterocycles. The summed E-state index contributed by atoms with van der Waals surface area (Å²) < 4.78 is 0. The van der Waals surface area contributed by atoms with Gasteiger partial charge in [-0.2, -0.15) is 0 Å². The fraction of sp³-hybridized carbons (Fsp3) is 1.00. The van der Waals surface area contributed by atoms with Crippen molar-refractivity contribution in [3.8, 4) is 0 Å². The highest BCUT2D eigenvalue weighted by Gasteiger charge is 2.46. The molecule has 6 N–H and O–H groups in total. The van der Waals surface area contributed by atoms with Gasteiger partial charge < -0.3 is 10.2 Å². The lowest BCUT2D eigenvalue weighted by atomic mass is 9.69. The van der Waals surface area contributed by atoms with Gasteiger partial charge >= 0.3 is 0 Å². The van der Waals surface area contributed by atoms with Crippen LogP contribution >= 0.6 is 0 Å². The molecule has 0 aromatic carbocycles. The molecule has 8 unspecified atom stereocenters. The van der Waals surface area contributed by atoms with Crippen molar-refractivity contribution in [1.82, 2.24) is 21.3 Å². The van der Waals surface area contributed by atoms with Crippen LogP contribution in [0, 0.1) is 23.7 Å². The zero-order valence-electron chi connectivity index (χ0n) is 19.7. The third-order valence-corrected chi connectivity index (χ3v) is 10.4. The summed E-state index contributed by atoms with van der Waals surface area (Å²) in [5, 5.41) is 35.6. The number of rotatable bonds is 3. The summed E-state index contributed by atoms with van der Waals surface area (Å²) in [5.41, 5.74) is 0. The Bertz CT molecular complexity index is 579. The Morgan fingerprint density at radius 3 is 1.12 bits per heavy atom. The van der Waals surface area contributed by atoms with Gasteiger partial charge in [0.25, 0.3) is 0 Å². The Labute approximate surface area is 194 Å². The molecule has 6 nitrogen and oxygen atoms in total. The van der Waals surface area contributed by atoms with E-state index in [1.165, 1.54) is 64.2 Å². The minimum absolute atomic E-state index is 0.0579. The molecule has 6 fully saturated rings. The number of hydrogen-bond donors (Lipinski definition) is 6. The minimum atomic E-state index is -0.0579. The van der Waals surface area contributed by atoms with Crippen molar-refractivity contribution in [3.05, 3.63) is 0 Å². The smallest absolute Gasteiger partial charge is 0.0606 e. The first-order valence-electron chi connectivity index (χ1n) is 14.0. The maximum Gasteiger partial charge on any atom is 0.0606 e. The summed E-state index contributed by atoms with van der Waals surface area (Å²) in [6.45, 7) is 0. The molecule has 0 aromatic rings. The van der Waals surface area contributed by atoms with Crippen molar-refractivity contribution in [2.45, 2.75) is 139 Å². The monoisotopic (exact) mass is 446 g/mol. The van der Waals surface area contributed by atoms with E-state index in [1.807, 2.05) is 0 Å². The molecule has 4 aliphatic carbocycles. The normalized spacial score (nSPS) is 54.2. The van der Waals surface area contributed by atoms with Crippen LogP contribution in [0.4, 0.5) is 0 Å². The van der Waals surface area contributed by atoms with Crippen molar-refractivity contribution in [1.29, 1.82) is 0 Å². The molecule has 0 bridgehead atoms. The van der Waals surface area contributed by atoms with Crippen molar-refractivity contribution in [2.75, 3.05) is 0 Å². The molecule has 0 spiro atoms. The highest BCUT2D eigenvalue weighted by atomic mass is 16.3. The standard InChI is InChI=1S/C26H46N4O2/c31-19-7-1-15(2-8-19)25-27-21-11-5-17(13-23(21)29-25)18-6-12-22-24(14-18)30-26(28-22)16-3-9-20(32)10-4-16/h15-32H,1-14H2. The third kappa shape index (κ3) is 4.52. The molecule has 4 saturated carbocycles. The zero-order valence-corrected chi connectivity index (χ0v) is 19.7. The number of fused-ring (bicyclic) bond motifs is 2. The lowest BCUT2D eigenvalue weighted by Gasteiger charge is -2.40. The van der Waals surface area contributed by atoms with Crippen LogP contribution < -0.4 is 21.3 Å². The van der Waals surface area contributed by atoms with Crippen molar-refractivity contribution in [3.63, 3.8) is 0 Å². The Morgan fingerprint density at radius 1 is 0.375 bits per heavy atom. The lowest BCUT2D eigenvalue weighted by Crippen LogP contribution is -2.45. The summed E-state index contributed by atoms with van der Waals surface area (Å²) >= 11 is 0. The SMILES string of the molecule is OC1CCC(C2NC3CCC(C4CCC5NC(C6CCC(O)CC6)NC5C4)CC3N2)CC1. The van der Waals surface area contributed by atoms with Crippen LogP contribution in [0.1, 0.15) is 89.9 Å². The molecular weight excluding hydrogens is 400 g/mol. The first-order valence-corrected chi connectivity index (χ1v) is 14.0. The quantitative estimate of drug-likeness (QED) is 0.399. The number of hydrogen-bond acceptors (Lipinski definition) is 6. The molecule has 6 heteroatoms. The number of aliphatic hydroxyl groups is 2. The third-order valence-electron chi connectivity index (χ3n) is 10.4. The van der Waals surface area contributed by atoms with Gasteiger partial charge in [0, 0.05) is 24.2 Å². The van der Waals surface area contributed by atoms with Gasteiger partial charge in [-0.3, -0.25) is 21.3 Å². The topological polar surface area (TPSA) is 88.6 Å². The van der Waals surface area contributed by atoms with Crippen LogP contribution in [0.25, 0.3) is 0 Å². The van der Waals surface area contributed by atoms with E-state index < -0.39 is 0 Å². The summed E-state index contributed by atoms with van der Waals surface area (Å²) in [6, 6.07) is 2.63. The van der Waals surface area contributed by atoms with Crippen molar-refractivity contribution >= 4 is 0 Å². The van der Waals surface area contributed by atoms with E-state index in [0.717, 1.165) is 37.5 Å². The first-order chi connectivity index (χ1) is 15.6. The largest absolute Gasteiger partial charge is 0.393 e. The van der Waals surface area contributed by atoms with Crippen molar-refractivity contribution in [2.24, 2.45) is 23.7 Å². The van der Waals surface area contributed by atoms with Crippen LogP contribution in [0.2, 0.25) is 0 Å². The van der Waals surface area contributed by atoms with Crippen LogP contribution in [-0.2, 0) is 0 Å². The molecule has 182 valence electrons. The van der Waals surface area contributed by atoms with E-state index in [0.29, 0.717) is 48.3 Å². The maximum atomic E-state index is 9.86. The highest BCUT2D eigenvalue weighted by molar-refractivity contribution is 5.04. The summed E-state index contributed by atoms with van der Waals surface area (Å²) in [4.78, 5) is 0. The molecule has 0 aromatic heterocycles. The molecule has 6 rings (SSSR count). The molecule has 6 aliphatic rings. The summed E-state index contributed by atoms with van der Waals surface area (Å²) in [5.74, 6) is 3.15.